The molecular formula is C15H20ClFO. The van der Waals surface area contributed by atoms with Crippen molar-refractivity contribution >= 4 is 11.6 Å². The van der Waals surface area contributed by atoms with Crippen LogP contribution in [-0.2, 0) is 12.8 Å². The molecule has 1 aromatic carbocycles. The lowest BCUT2D eigenvalue weighted by Gasteiger charge is -2.26. The maximum atomic E-state index is 13.8. The molecular weight excluding hydrogens is 251 g/mol. The largest absolute Gasteiger partial charge is 0.492 e. The van der Waals surface area contributed by atoms with Crippen LogP contribution in [0.1, 0.15) is 43.7 Å². The summed E-state index contributed by atoms with van der Waals surface area (Å²) in [4.78, 5) is 0. The third-order valence-corrected chi connectivity index (χ3v) is 4.25. The Kier molecular flexibility index (Phi) is 4.50. The summed E-state index contributed by atoms with van der Waals surface area (Å²) in [6.45, 7) is 2.21. The topological polar surface area (TPSA) is 9.23 Å². The number of unbranched alkanes of at least 4 members (excludes halogenated alkanes) is 1. The van der Waals surface area contributed by atoms with Gasteiger partial charge >= 0.3 is 0 Å². The highest BCUT2D eigenvalue weighted by molar-refractivity contribution is 6.33. The van der Waals surface area contributed by atoms with E-state index < -0.39 is 0 Å². The minimum Gasteiger partial charge on any atom is -0.492 e. The predicted molar refractivity (Wildman–Crippen MR) is 73.0 cm³/mol. The fourth-order valence-corrected chi connectivity index (χ4v) is 3.21. The number of ether oxygens (including phenoxy) is 1. The molecule has 0 spiro atoms. The third-order valence-electron chi connectivity index (χ3n) is 3.85. The summed E-state index contributed by atoms with van der Waals surface area (Å²) in [5.74, 6) is 0.543. The molecule has 0 fully saturated rings. The van der Waals surface area contributed by atoms with Gasteiger partial charge in [-0.25, -0.2) is 4.39 Å². The highest BCUT2D eigenvalue weighted by Crippen LogP contribution is 2.39. The van der Waals surface area contributed by atoms with E-state index in [-0.39, 0.29) is 11.6 Å². The molecule has 1 aliphatic carbocycles. The standard InChI is InChI=1S/C15H20ClFO/c1-3-4-5-10-6-7-12-11(8-10)9-13(17)15(18-2)14(12)16/h9-10H,3-8H2,1-2H3. The van der Waals surface area contributed by atoms with Gasteiger partial charge in [0.1, 0.15) is 0 Å². The summed E-state index contributed by atoms with van der Waals surface area (Å²) in [6.07, 6.45) is 6.77. The zero-order valence-electron chi connectivity index (χ0n) is 11.1. The zero-order valence-corrected chi connectivity index (χ0v) is 11.8. The van der Waals surface area contributed by atoms with Crippen LogP contribution >= 0.6 is 11.6 Å². The van der Waals surface area contributed by atoms with Crippen molar-refractivity contribution in [3.05, 3.63) is 28.0 Å². The highest BCUT2D eigenvalue weighted by atomic mass is 35.5. The number of rotatable bonds is 4. The maximum Gasteiger partial charge on any atom is 0.173 e. The summed E-state index contributed by atoms with van der Waals surface area (Å²) >= 11 is 6.22. The molecule has 1 unspecified atom stereocenters. The lowest BCUT2D eigenvalue weighted by Crippen LogP contribution is -2.15. The van der Waals surface area contributed by atoms with Crippen LogP contribution in [-0.4, -0.2) is 7.11 Å². The molecule has 0 N–H and O–H groups in total. The number of methoxy groups -OCH3 is 1. The Morgan fingerprint density at radius 3 is 2.94 bits per heavy atom. The molecule has 0 heterocycles. The summed E-state index contributed by atoms with van der Waals surface area (Å²) in [5, 5.41) is 0.474. The SMILES string of the molecule is CCCCC1CCc2c(cc(F)c(OC)c2Cl)C1. The van der Waals surface area contributed by atoms with E-state index in [2.05, 4.69) is 6.92 Å². The minimum atomic E-state index is -0.336. The van der Waals surface area contributed by atoms with E-state index in [1.54, 1.807) is 6.07 Å². The van der Waals surface area contributed by atoms with E-state index >= 15 is 0 Å². The average molecular weight is 271 g/mol. The first-order valence-electron chi connectivity index (χ1n) is 6.71. The molecule has 1 aliphatic rings. The van der Waals surface area contributed by atoms with E-state index in [1.165, 1.54) is 26.4 Å². The van der Waals surface area contributed by atoms with Crippen LogP contribution < -0.4 is 4.74 Å². The number of fused-ring (bicyclic) bond motifs is 1. The molecule has 0 aromatic heterocycles. The number of halogens is 2. The minimum absolute atomic E-state index is 0.197. The van der Waals surface area contributed by atoms with Gasteiger partial charge in [0.25, 0.3) is 0 Å². The molecule has 0 amide bonds. The molecule has 3 heteroatoms. The van der Waals surface area contributed by atoms with E-state index in [0.29, 0.717) is 10.9 Å². The van der Waals surface area contributed by atoms with Gasteiger partial charge in [-0.15, -0.1) is 0 Å². The smallest absolute Gasteiger partial charge is 0.173 e. The Morgan fingerprint density at radius 2 is 2.28 bits per heavy atom. The van der Waals surface area contributed by atoms with Crippen molar-refractivity contribution in [2.75, 3.05) is 7.11 Å². The normalized spacial score (nSPS) is 18.6. The van der Waals surface area contributed by atoms with Crippen LogP contribution in [0.15, 0.2) is 6.07 Å². The Balaban J connectivity index is 2.23. The molecule has 0 aliphatic heterocycles. The number of benzene rings is 1. The van der Waals surface area contributed by atoms with Gasteiger partial charge in [-0.3, -0.25) is 0 Å². The number of hydrogen-bond acceptors (Lipinski definition) is 1. The first-order valence-corrected chi connectivity index (χ1v) is 7.08. The van der Waals surface area contributed by atoms with Crippen molar-refractivity contribution < 1.29 is 9.13 Å². The summed E-state index contributed by atoms with van der Waals surface area (Å²) in [5.41, 5.74) is 2.16. The summed E-state index contributed by atoms with van der Waals surface area (Å²) in [7, 11) is 1.46. The van der Waals surface area contributed by atoms with Crippen LogP contribution in [0.2, 0.25) is 5.02 Å². The molecule has 0 bridgehead atoms. The van der Waals surface area contributed by atoms with Crippen molar-refractivity contribution in [3.8, 4) is 5.75 Å². The third kappa shape index (κ3) is 2.64. The lowest BCUT2D eigenvalue weighted by molar-refractivity contribution is 0.379. The van der Waals surface area contributed by atoms with E-state index in [1.807, 2.05) is 0 Å². The van der Waals surface area contributed by atoms with Crippen LogP contribution in [0.5, 0.6) is 5.75 Å². The van der Waals surface area contributed by atoms with E-state index in [0.717, 1.165) is 30.4 Å². The van der Waals surface area contributed by atoms with Crippen molar-refractivity contribution in [1.82, 2.24) is 0 Å². The predicted octanol–water partition coefficient (Wildman–Crippen LogP) is 4.78. The molecule has 0 saturated heterocycles. The monoisotopic (exact) mass is 270 g/mol. The van der Waals surface area contributed by atoms with Crippen molar-refractivity contribution in [2.24, 2.45) is 5.92 Å². The Bertz CT molecular complexity index is 431. The van der Waals surface area contributed by atoms with Gasteiger partial charge in [0.2, 0.25) is 0 Å². The lowest BCUT2D eigenvalue weighted by atomic mass is 9.81. The van der Waals surface area contributed by atoms with Crippen molar-refractivity contribution in [1.29, 1.82) is 0 Å². The average Bonchev–Trinajstić information content (AvgIpc) is 2.36. The molecule has 1 nitrogen and oxygen atoms in total. The second-order valence-electron chi connectivity index (χ2n) is 5.09. The van der Waals surface area contributed by atoms with Gasteiger partial charge in [0.05, 0.1) is 12.1 Å². The molecule has 18 heavy (non-hydrogen) atoms. The first kappa shape index (κ1) is 13.7. The molecule has 0 saturated carbocycles. The van der Waals surface area contributed by atoms with E-state index in [9.17, 15) is 4.39 Å². The molecule has 1 atom stereocenters. The highest BCUT2D eigenvalue weighted by Gasteiger charge is 2.24. The van der Waals surface area contributed by atoms with Crippen LogP contribution in [0.25, 0.3) is 0 Å². The van der Waals surface area contributed by atoms with Gasteiger partial charge in [0.15, 0.2) is 11.6 Å². The Morgan fingerprint density at radius 1 is 1.50 bits per heavy atom. The second-order valence-corrected chi connectivity index (χ2v) is 5.47. The number of hydrogen-bond donors (Lipinski definition) is 0. The van der Waals surface area contributed by atoms with Crippen molar-refractivity contribution in [3.63, 3.8) is 0 Å². The van der Waals surface area contributed by atoms with Crippen molar-refractivity contribution in [2.45, 2.75) is 45.4 Å². The first-order chi connectivity index (χ1) is 8.67. The summed E-state index contributed by atoms with van der Waals surface area (Å²) < 4.78 is 18.8. The van der Waals surface area contributed by atoms with E-state index in [4.69, 9.17) is 16.3 Å². The Hall–Kier alpha value is -0.760. The Labute approximate surface area is 113 Å². The molecule has 1 aromatic rings. The molecule has 100 valence electrons. The van der Waals surface area contributed by atoms with Crippen LogP contribution in [0, 0.1) is 11.7 Å². The van der Waals surface area contributed by atoms with Gasteiger partial charge in [-0.2, -0.15) is 0 Å². The maximum absolute atomic E-state index is 13.8. The van der Waals surface area contributed by atoms with Crippen LogP contribution in [0.4, 0.5) is 4.39 Å². The zero-order chi connectivity index (χ0) is 13.1. The fourth-order valence-electron chi connectivity index (χ4n) is 2.83. The van der Waals surface area contributed by atoms with Crippen LogP contribution in [0.3, 0.4) is 0 Å². The molecule has 0 radical (unpaired) electrons. The van der Waals surface area contributed by atoms with Gasteiger partial charge in [-0.05, 0) is 42.4 Å². The quantitative estimate of drug-likeness (QED) is 0.765. The summed E-state index contributed by atoms with van der Waals surface area (Å²) in [6, 6.07) is 1.61. The van der Waals surface area contributed by atoms with Gasteiger partial charge < -0.3 is 4.74 Å². The van der Waals surface area contributed by atoms with Gasteiger partial charge in [-0.1, -0.05) is 37.8 Å². The molecule has 2 rings (SSSR count). The second kappa shape index (κ2) is 5.92. The van der Waals surface area contributed by atoms with Gasteiger partial charge in [0, 0.05) is 0 Å². The fraction of sp³-hybridized carbons (Fsp3) is 0.600.